The molecular weight excluding hydrogens is 527 g/mol. The molecule has 2 N–H and O–H groups in total. The number of fused-ring (bicyclic) bond motifs is 1. The van der Waals surface area contributed by atoms with E-state index in [9.17, 15) is 10.1 Å². The first kappa shape index (κ1) is 27.2. The van der Waals surface area contributed by atoms with Crippen molar-refractivity contribution in [3.63, 3.8) is 0 Å². The van der Waals surface area contributed by atoms with Gasteiger partial charge < -0.3 is 24.7 Å². The Bertz CT molecular complexity index is 1430. The summed E-state index contributed by atoms with van der Waals surface area (Å²) in [4.78, 5) is 12.7. The van der Waals surface area contributed by atoms with Gasteiger partial charge in [0.2, 0.25) is 5.88 Å². The minimum absolute atomic E-state index is 0.0320. The first-order valence-corrected chi connectivity index (χ1v) is 12.9. The highest BCUT2D eigenvalue weighted by molar-refractivity contribution is 6.36. The maximum Gasteiger partial charge on any atom is 0.345 e. The van der Waals surface area contributed by atoms with Gasteiger partial charge >= 0.3 is 5.97 Å². The molecule has 3 aromatic rings. The van der Waals surface area contributed by atoms with Crippen molar-refractivity contribution >= 4 is 29.2 Å². The van der Waals surface area contributed by atoms with Crippen LogP contribution in [0.4, 0.5) is 0 Å². The molecule has 3 aromatic carbocycles. The summed E-state index contributed by atoms with van der Waals surface area (Å²) in [7, 11) is 0. The van der Waals surface area contributed by atoms with Crippen LogP contribution in [0.25, 0.3) is 0 Å². The lowest BCUT2D eigenvalue weighted by molar-refractivity contribution is 0.0734. The molecule has 0 spiro atoms. The van der Waals surface area contributed by atoms with Crippen molar-refractivity contribution in [1.82, 2.24) is 0 Å². The van der Waals surface area contributed by atoms with Crippen molar-refractivity contribution in [2.24, 2.45) is 5.73 Å². The molecule has 0 amide bonds. The number of nitriles is 1. The second kappa shape index (κ2) is 12.1. The summed E-state index contributed by atoms with van der Waals surface area (Å²) in [5, 5.41) is 10.5. The Hall–Kier alpha value is -3.86. The number of nitrogens with two attached hydrogens (primary N) is 1. The van der Waals surface area contributed by atoms with Crippen LogP contribution in [-0.4, -0.2) is 19.2 Å². The average Bonchev–Trinajstić information content (AvgIpc) is 2.88. The van der Waals surface area contributed by atoms with E-state index in [0.717, 1.165) is 18.4 Å². The van der Waals surface area contributed by atoms with E-state index in [1.54, 1.807) is 24.3 Å². The third-order valence-corrected chi connectivity index (χ3v) is 6.46. The zero-order chi connectivity index (χ0) is 27.2. The first-order valence-electron chi connectivity index (χ1n) is 12.1. The smallest absolute Gasteiger partial charge is 0.345 e. The van der Waals surface area contributed by atoms with Gasteiger partial charge in [0.1, 0.15) is 23.1 Å². The molecule has 0 aliphatic carbocycles. The molecule has 0 aromatic heterocycles. The highest BCUT2D eigenvalue weighted by atomic mass is 35.5. The summed E-state index contributed by atoms with van der Waals surface area (Å²) in [6.07, 6.45) is 1.94. The Morgan fingerprint density at radius 2 is 1.87 bits per heavy atom. The van der Waals surface area contributed by atoms with Crippen LogP contribution in [0.15, 0.2) is 66.1 Å². The van der Waals surface area contributed by atoms with Gasteiger partial charge in [-0.3, -0.25) is 0 Å². The second-order valence-electron chi connectivity index (χ2n) is 8.48. The molecular formula is C29H26Cl2N2O5. The Morgan fingerprint density at radius 3 is 2.58 bits per heavy atom. The van der Waals surface area contributed by atoms with Crippen LogP contribution in [0, 0.1) is 11.3 Å². The van der Waals surface area contributed by atoms with Gasteiger partial charge in [-0.2, -0.15) is 5.26 Å². The number of hydrogen-bond acceptors (Lipinski definition) is 7. The van der Waals surface area contributed by atoms with E-state index in [4.69, 9.17) is 47.9 Å². The molecule has 9 heteroatoms. The van der Waals surface area contributed by atoms with Gasteiger partial charge in [0, 0.05) is 16.7 Å². The van der Waals surface area contributed by atoms with Crippen molar-refractivity contribution in [2.75, 3.05) is 13.2 Å². The largest absolute Gasteiger partial charge is 0.490 e. The summed E-state index contributed by atoms with van der Waals surface area (Å²) in [5.41, 5.74) is 8.05. The van der Waals surface area contributed by atoms with E-state index in [2.05, 4.69) is 13.0 Å². The van der Waals surface area contributed by atoms with E-state index < -0.39 is 11.9 Å². The normalized spacial score (nSPS) is 14.2. The van der Waals surface area contributed by atoms with Crippen LogP contribution >= 0.6 is 23.2 Å². The van der Waals surface area contributed by atoms with E-state index >= 15 is 0 Å². The van der Waals surface area contributed by atoms with Gasteiger partial charge in [0.25, 0.3) is 0 Å². The third-order valence-electron chi connectivity index (χ3n) is 5.91. The fraction of sp³-hybridized carbons (Fsp3) is 0.241. The molecule has 0 radical (unpaired) electrons. The lowest BCUT2D eigenvalue weighted by Gasteiger charge is -2.27. The van der Waals surface area contributed by atoms with Crippen LogP contribution in [0.1, 0.15) is 54.1 Å². The number of carbonyl (C=O) groups excluding carboxylic acids is 1. The fourth-order valence-electron chi connectivity index (χ4n) is 4.08. The topological polar surface area (TPSA) is 104 Å². The Balaban J connectivity index is 1.68. The zero-order valence-electron chi connectivity index (χ0n) is 20.9. The van der Waals surface area contributed by atoms with Crippen LogP contribution in [0.2, 0.25) is 10.0 Å². The van der Waals surface area contributed by atoms with E-state index in [-0.39, 0.29) is 27.8 Å². The number of rotatable bonds is 9. The molecule has 1 unspecified atom stereocenters. The van der Waals surface area contributed by atoms with Crippen molar-refractivity contribution in [3.05, 3.63) is 92.8 Å². The van der Waals surface area contributed by atoms with Gasteiger partial charge in [-0.05, 0) is 55.3 Å². The molecule has 0 saturated heterocycles. The lowest BCUT2D eigenvalue weighted by Crippen LogP contribution is -2.21. The first-order chi connectivity index (χ1) is 18.4. The maximum absolute atomic E-state index is 12.7. The molecule has 0 saturated carbocycles. The Morgan fingerprint density at radius 1 is 1.05 bits per heavy atom. The zero-order valence-corrected chi connectivity index (χ0v) is 22.4. The van der Waals surface area contributed by atoms with Gasteiger partial charge in [-0.1, -0.05) is 48.7 Å². The number of unbranched alkanes of at least 4 members (excludes halogenated alkanes) is 1. The summed E-state index contributed by atoms with van der Waals surface area (Å²) in [5.74, 6) is 0.589. The summed E-state index contributed by atoms with van der Waals surface area (Å²) in [6.45, 7) is 5.02. The van der Waals surface area contributed by atoms with Crippen molar-refractivity contribution < 1.29 is 23.7 Å². The number of carbonyl (C=O) groups is 1. The number of nitrogens with zero attached hydrogens (tertiary/aromatic N) is 1. The number of halogens is 2. The van der Waals surface area contributed by atoms with Crippen LogP contribution in [0.5, 0.6) is 23.0 Å². The molecule has 1 heterocycles. The Labute approximate surface area is 231 Å². The van der Waals surface area contributed by atoms with Crippen LogP contribution in [0.3, 0.4) is 0 Å². The minimum atomic E-state index is -0.653. The quantitative estimate of drug-likeness (QED) is 0.173. The van der Waals surface area contributed by atoms with Crippen LogP contribution in [-0.2, 0) is 0 Å². The van der Waals surface area contributed by atoms with Crippen molar-refractivity contribution in [1.29, 1.82) is 5.26 Å². The molecule has 196 valence electrons. The highest BCUT2D eigenvalue weighted by Crippen LogP contribution is 2.45. The van der Waals surface area contributed by atoms with Gasteiger partial charge in [-0.25, -0.2) is 4.79 Å². The predicted molar refractivity (Wildman–Crippen MR) is 145 cm³/mol. The number of hydrogen-bond donors (Lipinski definition) is 1. The third kappa shape index (κ3) is 5.83. The molecule has 1 atom stereocenters. The minimum Gasteiger partial charge on any atom is -0.490 e. The highest BCUT2D eigenvalue weighted by Gasteiger charge is 2.32. The van der Waals surface area contributed by atoms with E-state index in [1.165, 1.54) is 12.1 Å². The Kier molecular flexibility index (Phi) is 8.67. The lowest BCUT2D eigenvalue weighted by atomic mass is 9.83. The molecule has 38 heavy (non-hydrogen) atoms. The predicted octanol–water partition coefficient (Wildman–Crippen LogP) is 7.01. The maximum atomic E-state index is 12.7. The van der Waals surface area contributed by atoms with Gasteiger partial charge in [0.05, 0.1) is 29.7 Å². The van der Waals surface area contributed by atoms with Gasteiger partial charge in [0.15, 0.2) is 11.5 Å². The number of benzene rings is 3. The molecule has 0 fully saturated rings. The van der Waals surface area contributed by atoms with Crippen molar-refractivity contribution in [2.45, 2.75) is 32.6 Å². The number of allylic oxidation sites excluding steroid dienone is 1. The summed E-state index contributed by atoms with van der Waals surface area (Å²) >= 11 is 12.1. The standard InChI is InChI=1S/C29H26Cl2N2O5/c1-3-5-12-36-24-11-6-17(13-26(24)35-4-2)27-21-10-8-19(15-25(21)38-28(33)22(27)16-32)37-29(34)20-9-7-18(30)14-23(20)31/h6-11,13-15,27H,3-5,12,33H2,1-2H3. The molecule has 0 bridgehead atoms. The van der Waals surface area contributed by atoms with E-state index in [0.29, 0.717) is 41.0 Å². The molecule has 4 rings (SSSR count). The van der Waals surface area contributed by atoms with E-state index in [1.807, 2.05) is 25.1 Å². The second-order valence-corrected chi connectivity index (χ2v) is 9.32. The number of ether oxygens (including phenoxy) is 4. The monoisotopic (exact) mass is 552 g/mol. The molecule has 7 nitrogen and oxygen atoms in total. The van der Waals surface area contributed by atoms with Crippen LogP contribution < -0.4 is 24.7 Å². The average molecular weight is 553 g/mol. The SMILES string of the molecule is CCCCOc1ccc(C2C(C#N)=C(N)Oc3cc(OC(=O)c4ccc(Cl)cc4Cl)ccc32)cc1OCC. The molecule has 1 aliphatic heterocycles. The number of esters is 1. The fourth-order valence-corrected chi connectivity index (χ4v) is 4.56. The van der Waals surface area contributed by atoms with Crippen molar-refractivity contribution in [3.8, 4) is 29.1 Å². The summed E-state index contributed by atoms with van der Waals surface area (Å²) in [6, 6.07) is 17.2. The molecule has 1 aliphatic rings. The summed E-state index contributed by atoms with van der Waals surface area (Å²) < 4.78 is 23.0. The van der Waals surface area contributed by atoms with Gasteiger partial charge in [-0.15, -0.1) is 0 Å².